The minimum Gasteiger partial charge on any atom is -0.364 e. The topological polar surface area (TPSA) is 90.6 Å². The number of carbonyl (C=O) groups excluding carboxylic acids is 1. The van der Waals surface area contributed by atoms with Gasteiger partial charge in [-0.1, -0.05) is 12.1 Å². The summed E-state index contributed by atoms with van der Waals surface area (Å²) in [5.41, 5.74) is 2.51. The Bertz CT molecular complexity index is 837. The number of aromatic amines is 2. The van der Waals surface area contributed by atoms with Gasteiger partial charge in [-0.25, -0.2) is 4.98 Å². The van der Waals surface area contributed by atoms with Gasteiger partial charge in [-0.3, -0.25) is 9.59 Å². The van der Waals surface area contributed by atoms with Gasteiger partial charge in [0.2, 0.25) is 5.91 Å². The van der Waals surface area contributed by atoms with E-state index in [4.69, 9.17) is 0 Å². The van der Waals surface area contributed by atoms with Gasteiger partial charge < -0.3 is 15.3 Å². The molecule has 3 aromatic rings. The van der Waals surface area contributed by atoms with E-state index in [1.165, 1.54) is 0 Å². The van der Waals surface area contributed by atoms with Gasteiger partial charge in [-0.15, -0.1) is 0 Å². The first-order valence-corrected chi connectivity index (χ1v) is 7.09. The number of nitrogens with one attached hydrogen (secondary N) is 3. The smallest absolute Gasteiger partial charge is 0.270 e. The second-order valence-corrected chi connectivity index (χ2v) is 5.00. The largest absolute Gasteiger partial charge is 0.364 e. The number of fused-ring (bicyclic) bond motifs is 1. The summed E-state index contributed by atoms with van der Waals surface area (Å²) < 4.78 is 0. The number of aromatic nitrogens is 3. The number of H-pyrrole nitrogens is 2. The number of amides is 1. The quantitative estimate of drug-likeness (QED) is 0.666. The van der Waals surface area contributed by atoms with Crippen molar-refractivity contribution in [2.75, 3.05) is 0 Å². The summed E-state index contributed by atoms with van der Waals surface area (Å²) in [6.07, 6.45) is 2.35. The van der Waals surface area contributed by atoms with Crippen LogP contribution < -0.4 is 10.9 Å². The number of hydrogen-bond donors (Lipinski definition) is 3. The van der Waals surface area contributed by atoms with Crippen LogP contribution in [-0.2, 0) is 17.8 Å². The Balaban J connectivity index is 1.62. The number of hydrogen-bond acceptors (Lipinski definition) is 3. The second-order valence-electron chi connectivity index (χ2n) is 5.00. The van der Waals surface area contributed by atoms with Crippen molar-refractivity contribution < 1.29 is 4.79 Å². The summed E-state index contributed by atoms with van der Waals surface area (Å²) in [5.74, 6) is -0.107. The molecule has 2 aromatic heterocycles. The summed E-state index contributed by atoms with van der Waals surface area (Å²) in [4.78, 5) is 33.9. The van der Waals surface area contributed by atoms with Crippen LogP contribution >= 0.6 is 0 Å². The molecule has 0 bridgehead atoms. The van der Waals surface area contributed by atoms with Crippen molar-refractivity contribution >= 4 is 16.9 Å². The van der Waals surface area contributed by atoms with E-state index in [-0.39, 0.29) is 17.9 Å². The van der Waals surface area contributed by atoms with E-state index in [0.717, 1.165) is 11.2 Å². The maximum absolute atomic E-state index is 11.9. The van der Waals surface area contributed by atoms with Crippen molar-refractivity contribution in [1.29, 1.82) is 0 Å². The van der Waals surface area contributed by atoms with Crippen LogP contribution in [0.4, 0.5) is 0 Å². The molecule has 0 saturated heterocycles. The van der Waals surface area contributed by atoms with Crippen molar-refractivity contribution in [1.82, 2.24) is 20.3 Å². The van der Waals surface area contributed by atoms with Crippen LogP contribution in [0.15, 0.2) is 47.4 Å². The molecule has 3 N–H and O–H groups in total. The third-order valence-electron chi connectivity index (χ3n) is 3.40. The summed E-state index contributed by atoms with van der Waals surface area (Å²) in [6.45, 7) is 0.452. The first-order valence-electron chi connectivity index (χ1n) is 7.09. The van der Waals surface area contributed by atoms with Crippen LogP contribution in [0.1, 0.15) is 17.8 Å². The molecule has 0 radical (unpaired) electrons. The average molecular weight is 296 g/mol. The fourth-order valence-corrected chi connectivity index (χ4v) is 2.23. The van der Waals surface area contributed by atoms with Crippen molar-refractivity contribution in [3.63, 3.8) is 0 Å². The minimum absolute atomic E-state index is 0.107. The summed E-state index contributed by atoms with van der Waals surface area (Å²) in [7, 11) is 0. The lowest BCUT2D eigenvalue weighted by Crippen LogP contribution is -2.24. The molecule has 0 saturated carbocycles. The highest BCUT2D eigenvalue weighted by Crippen LogP contribution is 2.06. The Hall–Kier alpha value is -2.89. The molecule has 1 amide bonds. The fraction of sp³-hybridized carbons (Fsp3) is 0.188. The molecule has 6 heteroatoms. The van der Waals surface area contributed by atoms with Crippen LogP contribution in [0.3, 0.4) is 0 Å². The summed E-state index contributed by atoms with van der Waals surface area (Å²) >= 11 is 0. The molecule has 6 nitrogen and oxygen atoms in total. The SMILES string of the molecule is O=C(CCc1nc2ccccc2[nH]c1=O)NCc1ccc[nH]1. The second kappa shape index (κ2) is 6.26. The minimum atomic E-state index is -0.240. The molecule has 22 heavy (non-hydrogen) atoms. The van der Waals surface area contributed by atoms with E-state index >= 15 is 0 Å². The van der Waals surface area contributed by atoms with Crippen LogP contribution in [0.5, 0.6) is 0 Å². The summed E-state index contributed by atoms with van der Waals surface area (Å²) in [5, 5.41) is 2.80. The van der Waals surface area contributed by atoms with E-state index in [2.05, 4.69) is 20.3 Å². The van der Waals surface area contributed by atoms with Crippen LogP contribution in [0, 0.1) is 0 Å². The molecule has 3 rings (SSSR count). The maximum Gasteiger partial charge on any atom is 0.270 e. The van der Waals surface area contributed by atoms with Crippen LogP contribution in [-0.4, -0.2) is 20.9 Å². The van der Waals surface area contributed by atoms with Gasteiger partial charge in [-0.2, -0.15) is 0 Å². The highest BCUT2D eigenvalue weighted by atomic mass is 16.1. The standard InChI is InChI=1S/C16H16N4O2/c21-15(18-10-11-4-3-9-17-11)8-7-14-16(22)20-13-6-2-1-5-12(13)19-14/h1-6,9,17H,7-8,10H2,(H,18,21)(H,20,22). The van der Waals surface area contributed by atoms with Crippen molar-refractivity contribution in [2.45, 2.75) is 19.4 Å². The number of carbonyl (C=O) groups is 1. The zero-order chi connectivity index (χ0) is 15.4. The number of aryl methyl sites for hydroxylation is 1. The van der Waals surface area contributed by atoms with Gasteiger partial charge in [-0.05, 0) is 24.3 Å². The number of benzene rings is 1. The zero-order valence-corrected chi connectivity index (χ0v) is 11.9. The van der Waals surface area contributed by atoms with Gasteiger partial charge >= 0.3 is 0 Å². The Morgan fingerprint density at radius 1 is 1.18 bits per heavy atom. The lowest BCUT2D eigenvalue weighted by atomic mass is 10.2. The molecule has 0 aliphatic carbocycles. The molecule has 0 unspecified atom stereocenters. The van der Waals surface area contributed by atoms with Crippen LogP contribution in [0.25, 0.3) is 11.0 Å². The van der Waals surface area contributed by atoms with Gasteiger partial charge in [0.15, 0.2) is 0 Å². The van der Waals surface area contributed by atoms with E-state index < -0.39 is 0 Å². The predicted octanol–water partition coefficient (Wildman–Crippen LogP) is 1.50. The van der Waals surface area contributed by atoms with Gasteiger partial charge in [0, 0.05) is 24.7 Å². The normalized spacial score (nSPS) is 10.7. The van der Waals surface area contributed by atoms with Crippen molar-refractivity contribution in [3.05, 3.63) is 64.3 Å². The van der Waals surface area contributed by atoms with Gasteiger partial charge in [0.05, 0.1) is 17.6 Å². The molecular weight excluding hydrogens is 280 g/mol. The molecule has 112 valence electrons. The molecule has 0 atom stereocenters. The Labute approximate surface area is 126 Å². The molecule has 0 fully saturated rings. The number of nitrogens with zero attached hydrogens (tertiary/aromatic N) is 1. The molecule has 0 aliphatic heterocycles. The Morgan fingerprint density at radius 2 is 2.05 bits per heavy atom. The number of para-hydroxylation sites is 2. The molecular formula is C16H16N4O2. The van der Waals surface area contributed by atoms with Gasteiger partial charge in [0.1, 0.15) is 5.69 Å². The average Bonchev–Trinajstić information content (AvgIpc) is 3.04. The third kappa shape index (κ3) is 3.22. The maximum atomic E-state index is 11.9. The van der Waals surface area contributed by atoms with E-state index in [1.54, 1.807) is 12.3 Å². The van der Waals surface area contributed by atoms with Crippen molar-refractivity contribution in [3.8, 4) is 0 Å². The highest BCUT2D eigenvalue weighted by Gasteiger charge is 2.08. The Morgan fingerprint density at radius 3 is 2.86 bits per heavy atom. The lowest BCUT2D eigenvalue weighted by Gasteiger charge is -2.04. The highest BCUT2D eigenvalue weighted by molar-refractivity contribution is 5.76. The van der Waals surface area contributed by atoms with Crippen LogP contribution in [0.2, 0.25) is 0 Å². The first kappa shape index (κ1) is 14.1. The molecule has 0 spiro atoms. The summed E-state index contributed by atoms with van der Waals surface area (Å²) in [6, 6.07) is 11.1. The predicted molar refractivity (Wildman–Crippen MR) is 83.3 cm³/mol. The third-order valence-corrected chi connectivity index (χ3v) is 3.40. The van der Waals surface area contributed by atoms with E-state index in [1.807, 2.05) is 30.3 Å². The van der Waals surface area contributed by atoms with E-state index in [9.17, 15) is 9.59 Å². The monoisotopic (exact) mass is 296 g/mol. The zero-order valence-electron chi connectivity index (χ0n) is 11.9. The van der Waals surface area contributed by atoms with E-state index in [0.29, 0.717) is 24.2 Å². The molecule has 1 aromatic carbocycles. The fourth-order valence-electron chi connectivity index (χ4n) is 2.23. The van der Waals surface area contributed by atoms with Crippen molar-refractivity contribution in [2.24, 2.45) is 0 Å². The number of rotatable bonds is 5. The molecule has 2 heterocycles. The molecule has 0 aliphatic rings. The lowest BCUT2D eigenvalue weighted by molar-refractivity contribution is -0.121. The first-order chi connectivity index (χ1) is 10.7. The Kier molecular flexibility index (Phi) is 4.00. The van der Waals surface area contributed by atoms with Gasteiger partial charge in [0.25, 0.3) is 5.56 Å².